The molecule has 1 aromatic rings. The van der Waals surface area contributed by atoms with Crippen molar-refractivity contribution < 1.29 is 14.2 Å². The lowest BCUT2D eigenvalue weighted by molar-refractivity contribution is -0.000193. The first-order valence-corrected chi connectivity index (χ1v) is 8.71. The van der Waals surface area contributed by atoms with E-state index in [2.05, 4.69) is 25.5 Å². The molecule has 4 nitrogen and oxygen atoms in total. The lowest BCUT2D eigenvalue weighted by Crippen LogP contribution is -2.24. The number of nitrogens with zero attached hydrogens (tertiary/aromatic N) is 1. The van der Waals surface area contributed by atoms with E-state index in [1.54, 1.807) is 21.3 Å². The second-order valence-electron chi connectivity index (χ2n) is 6.60. The van der Waals surface area contributed by atoms with E-state index < -0.39 is 0 Å². The van der Waals surface area contributed by atoms with Gasteiger partial charge < -0.3 is 18.8 Å². The molecule has 0 atom stereocenters. The summed E-state index contributed by atoms with van der Waals surface area (Å²) in [5.74, 6) is 0. The Morgan fingerprint density at radius 2 is 1.12 bits per heavy atom. The standard InChI is InChI=1S/C7H16O.C5H7N.C5H12O.C3H8O/c1-5-7(3,6-2)8-4;1-6-4-2-3-5-6;1-5(2,3)6-4;1-3-4-2/h5-6H2,1-4H3;2-5H,1H3;1-4H3;3H2,1-2H3. The number of hydrogen-bond donors (Lipinski definition) is 0. The maximum atomic E-state index is 5.24. The highest BCUT2D eigenvalue weighted by Gasteiger charge is 2.16. The van der Waals surface area contributed by atoms with E-state index in [0.29, 0.717) is 0 Å². The van der Waals surface area contributed by atoms with Gasteiger partial charge in [-0.1, -0.05) is 13.8 Å². The van der Waals surface area contributed by atoms with Crippen LogP contribution in [0, 0.1) is 0 Å². The molecule has 146 valence electrons. The second-order valence-corrected chi connectivity index (χ2v) is 6.60. The summed E-state index contributed by atoms with van der Waals surface area (Å²) in [6.07, 6.45) is 6.19. The SMILES string of the molecule is CCC(C)(CC)OC.CCOC.COC(C)(C)C.Cn1cccc1. The van der Waals surface area contributed by atoms with E-state index in [9.17, 15) is 0 Å². The molecule has 0 saturated carbocycles. The molecular weight excluding hydrogens is 302 g/mol. The van der Waals surface area contributed by atoms with Crippen LogP contribution in [0.2, 0.25) is 0 Å². The molecule has 0 spiro atoms. The van der Waals surface area contributed by atoms with Crippen LogP contribution in [0.4, 0.5) is 0 Å². The predicted molar refractivity (Wildman–Crippen MR) is 106 cm³/mol. The predicted octanol–water partition coefficient (Wildman–Crippen LogP) is 5.32. The fourth-order valence-corrected chi connectivity index (χ4v) is 0.959. The van der Waals surface area contributed by atoms with Gasteiger partial charge in [0.1, 0.15) is 0 Å². The average molecular weight is 346 g/mol. The van der Waals surface area contributed by atoms with Crippen molar-refractivity contribution >= 4 is 0 Å². The van der Waals surface area contributed by atoms with Crippen LogP contribution in [-0.2, 0) is 21.3 Å². The molecule has 0 saturated heterocycles. The zero-order chi connectivity index (χ0) is 19.6. The first kappa shape index (κ1) is 28.0. The molecule has 0 N–H and O–H groups in total. The second kappa shape index (κ2) is 17.0. The minimum Gasteiger partial charge on any atom is -0.385 e. The van der Waals surface area contributed by atoms with Crippen molar-refractivity contribution in [3.63, 3.8) is 0 Å². The van der Waals surface area contributed by atoms with Gasteiger partial charge in [-0.2, -0.15) is 0 Å². The third-order valence-corrected chi connectivity index (χ3v) is 3.64. The van der Waals surface area contributed by atoms with Crippen LogP contribution in [0.15, 0.2) is 24.5 Å². The molecule has 0 amide bonds. The number of methoxy groups -OCH3 is 3. The molecule has 0 fully saturated rings. The van der Waals surface area contributed by atoms with Gasteiger partial charge in [-0.25, -0.2) is 0 Å². The first-order valence-electron chi connectivity index (χ1n) is 8.71. The largest absolute Gasteiger partial charge is 0.385 e. The molecule has 0 aliphatic rings. The lowest BCUT2D eigenvalue weighted by Gasteiger charge is -2.24. The highest BCUT2D eigenvalue weighted by molar-refractivity contribution is 4.88. The van der Waals surface area contributed by atoms with Crippen molar-refractivity contribution in [3.05, 3.63) is 24.5 Å². The normalized spacial score (nSPS) is 10.5. The van der Waals surface area contributed by atoms with Crippen LogP contribution in [-0.4, -0.2) is 43.7 Å². The van der Waals surface area contributed by atoms with Gasteiger partial charge in [-0.15, -0.1) is 0 Å². The quantitative estimate of drug-likeness (QED) is 0.740. The minimum absolute atomic E-state index is 0.0417. The Kier molecular flexibility index (Phi) is 19.8. The number of hydrogen-bond acceptors (Lipinski definition) is 3. The number of rotatable bonds is 4. The summed E-state index contributed by atoms with van der Waals surface area (Å²) in [5.41, 5.74) is 0.167. The minimum atomic E-state index is 0.0417. The Morgan fingerprint density at radius 1 is 0.792 bits per heavy atom. The Bertz CT molecular complexity index is 315. The van der Waals surface area contributed by atoms with Gasteiger partial charge in [-0.3, -0.25) is 0 Å². The van der Waals surface area contributed by atoms with Gasteiger partial charge in [0.15, 0.2) is 0 Å². The molecule has 0 aromatic carbocycles. The molecule has 1 heterocycles. The van der Waals surface area contributed by atoms with Crippen molar-refractivity contribution in [2.75, 3.05) is 27.9 Å². The van der Waals surface area contributed by atoms with Gasteiger partial charge in [0.2, 0.25) is 0 Å². The van der Waals surface area contributed by atoms with Crippen molar-refractivity contribution in [1.29, 1.82) is 0 Å². The van der Waals surface area contributed by atoms with Crippen molar-refractivity contribution in [3.8, 4) is 0 Å². The van der Waals surface area contributed by atoms with Gasteiger partial charge >= 0.3 is 0 Å². The molecule has 0 radical (unpaired) electrons. The van der Waals surface area contributed by atoms with Gasteiger partial charge in [-0.05, 0) is 59.6 Å². The fraction of sp³-hybridized carbons (Fsp3) is 0.800. The summed E-state index contributed by atoms with van der Waals surface area (Å²) in [6, 6.07) is 4.00. The summed E-state index contributed by atoms with van der Waals surface area (Å²) >= 11 is 0. The van der Waals surface area contributed by atoms with Crippen molar-refractivity contribution in [1.82, 2.24) is 4.57 Å². The summed E-state index contributed by atoms with van der Waals surface area (Å²) in [5, 5.41) is 0. The first-order chi connectivity index (χ1) is 11.1. The Balaban J connectivity index is -0.000000252. The van der Waals surface area contributed by atoms with E-state index in [0.717, 1.165) is 19.4 Å². The van der Waals surface area contributed by atoms with Crippen LogP contribution in [0.5, 0.6) is 0 Å². The Morgan fingerprint density at radius 3 is 1.17 bits per heavy atom. The average Bonchev–Trinajstić information content (AvgIpc) is 3.06. The summed E-state index contributed by atoms with van der Waals surface area (Å²) < 4.78 is 16.7. The highest BCUT2D eigenvalue weighted by Crippen LogP contribution is 2.16. The van der Waals surface area contributed by atoms with E-state index in [-0.39, 0.29) is 11.2 Å². The van der Waals surface area contributed by atoms with Gasteiger partial charge in [0.25, 0.3) is 0 Å². The monoisotopic (exact) mass is 345 g/mol. The highest BCUT2D eigenvalue weighted by atomic mass is 16.5. The van der Waals surface area contributed by atoms with Gasteiger partial charge in [0.05, 0.1) is 11.2 Å². The van der Waals surface area contributed by atoms with E-state index in [1.807, 2.05) is 63.8 Å². The summed E-state index contributed by atoms with van der Waals surface area (Å²) in [7, 11) is 7.16. The Labute approximate surface area is 151 Å². The Hall–Kier alpha value is -0.840. The zero-order valence-electron chi connectivity index (χ0n) is 18.1. The molecule has 1 aromatic heterocycles. The van der Waals surface area contributed by atoms with Crippen LogP contribution in [0.3, 0.4) is 0 Å². The van der Waals surface area contributed by atoms with Crippen LogP contribution >= 0.6 is 0 Å². The van der Waals surface area contributed by atoms with E-state index in [1.165, 1.54) is 0 Å². The van der Waals surface area contributed by atoms with Crippen molar-refractivity contribution in [2.24, 2.45) is 7.05 Å². The molecule has 1 rings (SSSR count). The van der Waals surface area contributed by atoms with Crippen molar-refractivity contribution in [2.45, 2.75) is 72.5 Å². The fourth-order valence-electron chi connectivity index (χ4n) is 0.959. The number of ether oxygens (including phenoxy) is 3. The summed E-state index contributed by atoms with van der Waals surface area (Å²) in [6.45, 7) is 15.3. The number of aromatic nitrogens is 1. The topological polar surface area (TPSA) is 32.6 Å². The molecule has 4 heteroatoms. The number of aryl methyl sites for hydroxylation is 1. The molecule has 0 unspecified atom stereocenters. The van der Waals surface area contributed by atoms with Crippen LogP contribution in [0.25, 0.3) is 0 Å². The van der Waals surface area contributed by atoms with Crippen LogP contribution < -0.4 is 0 Å². The lowest BCUT2D eigenvalue weighted by atomic mass is 10.0. The third kappa shape index (κ3) is 23.4. The smallest absolute Gasteiger partial charge is 0.0645 e. The molecule has 24 heavy (non-hydrogen) atoms. The van der Waals surface area contributed by atoms with Gasteiger partial charge in [0, 0.05) is 47.4 Å². The maximum absolute atomic E-state index is 5.24. The molecular formula is C20H43NO3. The molecule has 0 bridgehead atoms. The van der Waals surface area contributed by atoms with Crippen LogP contribution in [0.1, 0.15) is 61.3 Å². The molecule has 0 aliphatic carbocycles. The third-order valence-electron chi connectivity index (χ3n) is 3.64. The molecule has 0 aliphatic heterocycles. The van der Waals surface area contributed by atoms with E-state index in [4.69, 9.17) is 9.47 Å². The van der Waals surface area contributed by atoms with E-state index >= 15 is 0 Å². The summed E-state index contributed by atoms with van der Waals surface area (Å²) in [4.78, 5) is 0. The zero-order valence-corrected chi connectivity index (χ0v) is 18.1. The maximum Gasteiger partial charge on any atom is 0.0645 e.